The first kappa shape index (κ1) is 15.2. The zero-order chi connectivity index (χ0) is 13.7. The minimum Gasteiger partial charge on any atom is -0.387 e. The first-order chi connectivity index (χ1) is 8.43. The van der Waals surface area contributed by atoms with E-state index >= 15 is 0 Å². The molecular formula is C16H27NO. The van der Waals surface area contributed by atoms with E-state index in [2.05, 4.69) is 57.7 Å². The number of benzene rings is 1. The van der Waals surface area contributed by atoms with E-state index in [1.54, 1.807) is 0 Å². The van der Waals surface area contributed by atoms with Crippen LogP contribution in [0.3, 0.4) is 0 Å². The third-order valence-corrected chi connectivity index (χ3v) is 3.29. The third-order valence-electron chi connectivity index (χ3n) is 3.29. The number of rotatable bonds is 6. The van der Waals surface area contributed by atoms with E-state index in [9.17, 15) is 5.11 Å². The number of aliphatic hydroxyl groups excluding tert-OH is 1. The molecule has 0 heterocycles. The number of likely N-dealkylation sites (N-methyl/N-ethyl adjacent to an activating group) is 1. The zero-order valence-corrected chi connectivity index (χ0v) is 12.4. The standard InChI is InChI=1S/C16H27NO/c1-6-17(10-12(2)3)11-16(18)15-8-7-13(4)9-14(15)5/h7-9,12,16,18H,6,10-11H2,1-5H3. The fourth-order valence-electron chi connectivity index (χ4n) is 2.39. The van der Waals surface area contributed by atoms with Gasteiger partial charge in [-0.25, -0.2) is 0 Å². The van der Waals surface area contributed by atoms with E-state index in [1.807, 2.05) is 0 Å². The van der Waals surface area contributed by atoms with Crippen LogP contribution in [0, 0.1) is 19.8 Å². The molecule has 0 amide bonds. The molecule has 0 saturated heterocycles. The molecule has 0 aliphatic carbocycles. The highest BCUT2D eigenvalue weighted by Gasteiger charge is 2.15. The Morgan fingerprint density at radius 3 is 2.33 bits per heavy atom. The molecule has 102 valence electrons. The molecular weight excluding hydrogens is 222 g/mol. The SMILES string of the molecule is CCN(CC(C)C)CC(O)c1ccc(C)cc1C. The summed E-state index contributed by atoms with van der Waals surface area (Å²) < 4.78 is 0. The van der Waals surface area contributed by atoms with Gasteiger partial charge in [-0.3, -0.25) is 0 Å². The Morgan fingerprint density at radius 1 is 1.17 bits per heavy atom. The average Bonchev–Trinajstić information content (AvgIpc) is 2.27. The van der Waals surface area contributed by atoms with Crippen molar-refractivity contribution in [2.24, 2.45) is 5.92 Å². The fourth-order valence-corrected chi connectivity index (χ4v) is 2.39. The number of aliphatic hydroxyl groups is 1. The van der Waals surface area contributed by atoms with Crippen LogP contribution in [0.5, 0.6) is 0 Å². The lowest BCUT2D eigenvalue weighted by Crippen LogP contribution is -2.32. The largest absolute Gasteiger partial charge is 0.387 e. The van der Waals surface area contributed by atoms with Gasteiger partial charge in [0, 0.05) is 13.1 Å². The second-order valence-electron chi connectivity index (χ2n) is 5.62. The summed E-state index contributed by atoms with van der Waals surface area (Å²) in [5.41, 5.74) is 3.49. The van der Waals surface area contributed by atoms with Crippen LogP contribution in [0.2, 0.25) is 0 Å². The molecule has 0 bridgehead atoms. The predicted molar refractivity (Wildman–Crippen MR) is 77.8 cm³/mol. The summed E-state index contributed by atoms with van der Waals surface area (Å²) >= 11 is 0. The Labute approximate surface area is 112 Å². The topological polar surface area (TPSA) is 23.5 Å². The quantitative estimate of drug-likeness (QED) is 0.836. The molecule has 18 heavy (non-hydrogen) atoms. The monoisotopic (exact) mass is 249 g/mol. The van der Waals surface area contributed by atoms with Crippen molar-refractivity contribution < 1.29 is 5.11 Å². The lowest BCUT2D eigenvalue weighted by molar-refractivity contribution is 0.109. The van der Waals surface area contributed by atoms with E-state index in [1.165, 1.54) is 11.1 Å². The highest BCUT2D eigenvalue weighted by atomic mass is 16.3. The number of nitrogens with zero attached hydrogens (tertiary/aromatic N) is 1. The summed E-state index contributed by atoms with van der Waals surface area (Å²) in [5, 5.41) is 10.4. The molecule has 1 atom stereocenters. The molecule has 0 aliphatic heterocycles. The van der Waals surface area contributed by atoms with Crippen molar-refractivity contribution in [3.63, 3.8) is 0 Å². The van der Waals surface area contributed by atoms with Gasteiger partial charge in [0.25, 0.3) is 0 Å². The van der Waals surface area contributed by atoms with Gasteiger partial charge in [-0.05, 0) is 37.4 Å². The van der Waals surface area contributed by atoms with Crippen LogP contribution in [-0.4, -0.2) is 29.6 Å². The Morgan fingerprint density at radius 2 is 1.83 bits per heavy atom. The van der Waals surface area contributed by atoms with E-state index in [0.717, 1.165) is 25.2 Å². The number of aryl methyl sites for hydroxylation is 2. The Bertz CT molecular complexity index is 373. The normalized spacial score (nSPS) is 13.3. The van der Waals surface area contributed by atoms with Gasteiger partial charge in [0.15, 0.2) is 0 Å². The molecule has 1 N–H and O–H groups in total. The van der Waals surface area contributed by atoms with Crippen molar-refractivity contribution in [3.05, 3.63) is 34.9 Å². The van der Waals surface area contributed by atoms with Gasteiger partial charge < -0.3 is 10.0 Å². The average molecular weight is 249 g/mol. The van der Waals surface area contributed by atoms with E-state index < -0.39 is 0 Å². The van der Waals surface area contributed by atoms with Crippen LogP contribution >= 0.6 is 0 Å². The van der Waals surface area contributed by atoms with Crippen molar-refractivity contribution in [2.75, 3.05) is 19.6 Å². The van der Waals surface area contributed by atoms with Crippen LogP contribution in [0.25, 0.3) is 0 Å². The Kier molecular flexibility index (Phi) is 5.83. The first-order valence-electron chi connectivity index (χ1n) is 6.91. The summed E-state index contributed by atoms with van der Waals surface area (Å²) in [7, 11) is 0. The van der Waals surface area contributed by atoms with Crippen molar-refractivity contribution in [2.45, 2.75) is 40.7 Å². The summed E-state index contributed by atoms with van der Waals surface area (Å²) in [6.45, 7) is 13.5. The van der Waals surface area contributed by atoms with Gasteiger partial charge in [-0.15, -0.1) is 0 Å². The maximum Gasteiger partial charge on any atom is 0.0919 e. The van der Waals surface area contributed by atoms with Crippen LogP contribution in [0.15, 0.2) is 18.2 Å². The molecule has 1 rings (SSSR count). The molecule has 1 unspecified atom stereocenters. The van der Waals surface area contributed by atoms with Crippen LogP contribution in [-0.2, 0) is 0 Å². The molecule has 0 fully saturated rings. The highest BCUT2D eigenvalue weighted by molar-refractivity contribution is 5.32. The summed E-state index contributed by atoms with van der Waals surface area (Å²) in [4.78, 5) is 2.31. The molecule has 0 saturated carbocycles. The van der Waals surface area contributed by atoms with E-state index in [4.69, 9.17) is 0 Å². The minimum atomic E-state index is -0.385. The second-order valence-corrected chi connectivity index (χ2v) is 5.62. The maximum absolute atomic E-state index is 10.4. The molecule has 1 aromatic carbocycles. The Balaban J connectivity index is 2.71. The van der Waals surface area contributed by atoms with Crippen LogP contribution < -0.4 is 0 Å². The molecule has 0 spiro atoms. The van der Waals surface area contributed by atoms with Gasteiger partial charge >= 0.3 is 0 Å². The second kappa shape index (κ2) is 6.91. The van der Waals surface area contributed by atoms with Gasteiger partial charge in [0.2, 0.25) is 0 Å². The van der Waals surface area contributed by atoms with Crippen molar-refractivity contribution in [3.8, 4) is 0 Å². The summed E-state index contributed by atoms with van der Waals surface area (Å²) in [6.07, 6.45) is -0.385. The van der Waals surface area contributed by atoms with Gasteiger partial charge in [-0.1, -0.05) is 44.5 Å². The molecule has 0 radical (unpaired) electrons. The van der Waals surface area contributed by atoms with Crippen molar-refractivity contribution >= 4 is 0 Å². The lowest BCUT2D eigenvalue weighted by Gasteiger charge is -2.26. The van der Waals surface area contributed by atoms with Crippen LogP contribution in [0.4, 0.5) is 0 Å². The van der Waals surface area contributed by atoms with E-state index in [-0.39, 0.29) is 6.10 Å². The zero-order valence-electron chi connectivity index (χ0n) is 12.4. The minimum absolute atomic E-state index is 0.385. The van der Waals surface area contributed by atoms with Crippen molar-refractivity contribution in [1.29, 1.82) is 0 Å². The molecule has 2 nitrogen and oxygen atoms in total. The van der Waals surface area contributed by atoms with Crippen LogP contribution in [0.1, 0.15) is 43.6 Å². The summed E-state index contributed by atoms with van der Waals surface area (Å²) in [6, 6.07) is 6.26. The third kappa shape index (κ3) is 4.43. The molecule has 0 aromatic heterocycles. The number of hydrogen-bond acceptors (Lipinski definition) is 2. The predicted octanol–water partition coefficient (Wildman–Crippen LogP) is 3.31. The maximum atomic E-state index is 10.4. The fraction of sp³-hybridized carbons (Fsp3) is 0.625. The Hall–Kier alpha value is -0.860. The number of hydrogen-bond donors (Lipinski definition) is 1. The lowest BCUT2D eigenvalue weighted by atomic mass is 10.0. The smallest absolute Gasteiger partial charge is 0.0919 e. The highest BCUT2D eigenvalue weighted by Crippen LogP contribution is 2.20. The molecule has 1 aromatic rings. The van der Waals surface area contributed by atoms with Gasteiger partial charge in [0.05, 0.1) is 6.10 Å². The molecule has 0 aliphatic rings. The van der Waals surface area contributed by atoms with Gasteiger partial charge in [-0.2, -0.15) is 0 Å². The van der Waals surface area contributed by atoms with Crippen molar-refractivity contribution in [1.82, 2.24) is 4.90 Å². The first-order valence-corrected chi connectivity index (χ1v) is 6.91. The van der Waals surface area contributed by atoms with E-state index in [0.29, 0.717) is 5.92 Å². The van der Waals surface area contributed by atoms with Gasteiger partial charge in [0.1, 0.15) is 0 Å². The molecule has 2 heteroatoms. The summed E-state index contributed by atoms with van der Waals surface area (Å²) in [5.74, 6) is 0.635.